The van der Waals surface area contributed by atoms with Gasteiger partial charge in [0.1, 0.15) is 11.0 Å². The number of hydrogen-bond acceptors (Lipinski definition) is 5. The number of anilines is 1. The molecule has 3 rings (SSSR count). The molecule has 0 aromatic carbocycles. The third-order valence-corrected chi connectivity index (χ3v) is 4.82. The van der Waals surface area contributed by atoms with E-state index in [1.807, 2.05) is 6.92 Å². The van der Waals surface area contributed by atoms with Crippen LogP contribution in [0.15, 0.2) is 18.3 Å². The first kappa shape index (κ1) is 14.6. The fraction of sp³-hybridized carbons (Fsp3) is 0.462. The molecule has 0 spiro atoms. The summed E-state index contributed by atoms with van der Waals surface area (Å²) < 4.78 is 30.3. The highest BCUT2D eigenvalue weighted by molar-refractivity contribution is 7.89. The van der Waals surface area contributed by atoms with E-state index in [0.29, 0.717) is 31.1 Å². The van der Waals surface area contributed by atoms with Gasteiger partial charge in [-0.1, -0.05) is 11.6 Å². The first-order chi connectivity index (χ1) is 9.88. The predicted molar refractivity (Wildman–Crippen MR) is 82.6 cm³/mol. The molecular formula is C13H16ClN3O3S. The van der Waals surface area contributed by atoms with Crippen molar-refractivity contribution in [2.45, 2.75) is 13.0 Å². The third kappa shape index (κ3) is 2.61. The molecule has 1 unspecified atom stereocenters. The Hall–Kier alpha value is -1.31. The van der Waals surface area contributed by atoms with Crippen molar-refractivity contribution in [3.8, 4) is 0 Å². The van der Waals surface area contributed by atoms with Crippen LogP contribution in [0.4, 0.5) is 5.82 Å². The fourth-order valence-corrected chi connectivity index (χ4v) is 3.59. The van der Waals surface area contributed by atoms with E-state index in [-0.39, 0.29) is 11.2 Å². The van der Waals surface area contributed by atoms with Crippen molar-refractivity contribution in [3.63, 3.8) is 0 Å². The van der Waals surface area contributed by atoms with Gasteiger partial charge >= 0.3 is 0 Å². The van der Waals surface area contributed by atoms with Crippen LogP contribution in [0.5, 0.6) is 0 Å². The average Bonchev–Trinajstić information content (AvgIpc) is 2.82. The van der Waals surface area contributed by atoms with Crippen LogP contribution in [0.2, 0.25) is 5.15 Å². The lowest BCUT2D eigenvalue weighted by atomic mass is 10.2. The van der Waals surface area contributed by atoms with E-state index in [1.54, 1.807) is 12.1 Å². The van der Waals surface area contributed by atoms with Gasteiger partial charge in [-0.3, -0.25) is 0 Å². The smallest absolute Gasteiger partial charge is 0.236 e. The van der Waals surface area contributed by atoms with Gasteiger partial charge in [0.15, 0.2) is 0 Å². The Morgan fingerprint density at radius 3 is 2.90 bits per heavy atom. The van der Waals surface area contributed by atoms with Crippen LogP contribution in [0.3, 0.4) is 0 Å². The van der Waals surface area contributed by atoms with E-state index in [1.165, 1.54) is 10.2 Å². The molecule has 1 fully saturated rings. The van der Waals surface area contributed by atoms with Gasteiger partial charge in [0.05, 0.1) is 31.0 Å². The molecule has 2 aromatic heterocycles. The summed E-state index contributed by atoms with van der Waals surface area (Å²) in [6, 6.07) is 3.50. The minimum Gasteiger partial charge on any atom is -0.377 e. The Kier molecular flexibility index (Phi) is 3.59. The maximum absolute atomic E-state index is 11.8. The van der Waals surface area contributed by atoms with Gasteiger partial charge < -0.3 is 9.64 Å². The van der Waals surface area contributed by atoms with Crippen LogP contribution in [0.25, 0.3) is 10.9 Å². The zero-order valence-corrected chi connectivity index (χ0v) is 13.4. The molecular weight excluding hydrogens is 314 g/mol. The number of fused-ring (bicyclic) bond motifs is 1. The lowest BCUT2D eigenvalue weighted by molar-refractivity contribution is 0.0987. The molecule has 114 valence electrons. The molecule has 1 aliphatic rings. The van der Waals surface area contributed by atoms with E-state index >= 15 is 0 Å². The first-order valence-corrected chi connectivity index (χ1v) is 8.83. The Bertz CT molecular complexity index is 787. The van der Waals surface area contributed by atoms with E-state index < -0.39 is 10.0 Å². The number of ether oxygens (including phenoxy) is 1. The van der Waals surface area contributed by atoms with Crippen molar-refractivity contribution in [2.24, 2.45) is 0 Å². The Balaban J connectivity index is 2.22. The molecule has 0 saturated carbocycles. The molecule has 0 N–H and O–H groups in total. The van der Waals surface area contributed by atoms with Gasteiger partial charge in [-0.15, -0.1) is 0 Å². The molecule has 8 heteroatoms. The second-order valence-electron chi connectivity index (χ2n) is 5.19. The minimum absolute atomic E-state index is 0.162. The van der Waals surface area contributed by atoms with Crippen molar-refractivity contribution in [3.05, 3.63) is 23.5 Å². The first-order valence-electron chi connectivity index (χ1n) is 6.60. The van der Waals surface area contributed by atoms with Crippen LogP contribution in [-0.4, -0.2) is 49.4 Å². The van der Waals surface area contributed by atoms with E-state index in [2.05, 4.69) is 9.88 Å². The maximum atomic E-state index is 11.8. The summed E-state index contributed by atoms with van der Waals surface area (Å²) in [5.74, 6) is 0.704. The SMILES string of the molecule is CC1COCCN1c1nc(Cl)cc2c1ccn2S(C)(=O)=O. The largest absolute Gasteiger partial charge is 0.377 e. The summed E-state index contributed by atoms with van der Waals surface area (Å²) in [6.45, 7) is 3.98. The quantitative estimate of drug-likeness (QED) is 0.785. The van der Waals surface area contributed by atoms with Crippen molar-refractivity contribution in [1.82, 2.24) is 8.96 Å². The molecule has 1 atom stereocenters. The minimum atomic E-state index is -3.38. The van der Waals surface area contributed by atoms with Gasteiger partial charge in [-0.05, 0) is 13.0 Å². The maximum Gasteiger partial charge on any atom is 0.236 e. The van der Waals surface area contributed by atoms with E-state index in [4.69, 9.17) is 16.3 Å². The number of pyridine rings is 1. The molecule has 1 aliphatic heterocycles. The summed E-state index contributed by atoms with van der Waals surface area (Å²) in [4.78, 5) is 6.50. The summed E-state index contributed by atoms with van der Waals surface area (Å²) in [5, 5.41) is 1.05. The standard InChI is InChI=1S/C13H16ClN3O3S/c1-9-8-20-6-5-16(9)13-10-3-4-17(21(2,18)19)11(10)7-12(14)15-13/h3-4,7,9H,5-6,8H2,1-2H3. The highest BCUT2D eigenvalue weighted by Crippen LogP contribution is 2.31. The highest BCUT2D eigenvalue weighted by atomic mass is 35.5. The van der Waals surface area contributed by atoms with Crippen LogP contribution in [-0.2, 0) is 14.8 Å². The van der Waals surface area contributed by atoms with Crippen molar-refractivity contribution in [2.75, 3.05) is 30.9 Å². The molecule has 0 radical (unpaired) electrons. The number of rotatable bonds is 2. The van der Waals surface area contributed by atoms with Crippen LogP contribution >= 0.6 is 11.6 Å². The van der Waals surface area contributed by atoms with Gasteiger partial charge in [0.25, 0.3) is 0 Å². The molecule has 3 heterocycles. The van der Waals surface area contributed by atoms with Crippen molar-refractivity contribution in [1.29, 1.82) is 0 Å². The normalized spacial score (nSPS) is 20.1. The van der Waals surface area contributed by atoms with Crippen molar-refractivity contribution >= 4 is 38.3 Å². The van der Waals surface area contributed by atoms with E-state index in [0.717, 1.165) is 11.6 Å². The molecule has 1 saturated heterocycles. The Morgan fingerprint density at radius 1 is 1.48 bits per heavy atom. The third-order valence-electron chi connectivity index (χ3n) is 3.60. The monoisotopic (exact) mass is 329 g/mol. The molecule has 0 amide bonds. The summed E-state index contributed by atoms with van der Waals surface area (Å²) >= 11 is 6.09. The number of nitrogens with zero attached hydrogens (tertiary/aromatic N) is 3. The molecule has 6 nitrogen and oxygen atoms in total. The van der Waals surface area contributed by atoms with E-state index in [9.17, 15) is 8.42 Å². The average molecular weight is 330 g/mol. The lowest BCUT2D eigenvalue weighted by Crippen LogP contribution is -2.44. The number of hydrogen-bond donors (Lipinski definition) is 0. The second-order valence-corrected chi connectivity index (χ2v) is 7.44. The van der Waals surface area contributed by atoms with Crippen LogP contribution in [0.1, 0.15) is 6.92 Å². The summed E-state index contributed by atoms with van der Waals surface area (Å²) in [5.41, 5.74) is 0.547. The summed E-state index contributed by atoms with van der Waals surface area (Å²) in [6.07, 6.45) is 2.70. The lowest BCUT2D eigenvalue weighted by Gasteiger charge is -2.34. The van der Waals surface area contributed by atoms with Gasteiger partial charge in [-0.2, -0.15) is 0 Å². The molecule has 2 aromatic rings. The van der Waals surface area contributed by atoms with Crippen molar-refractivity contribution < 1.29 is 13.2 Å². The molecule has 21 heavy (non-hydrogen) atoms. The number of halogens is 1. The van der Waals surface area contributed by atoms with Crippen LogP contribution in [0, 0.1) is 0 Å². The molecule has 0 aliphatic carbocycles. The van der Waals surface area contributed by atoms with Gasteiger partial charge in [0, 0.05) is 24.2 Å². The Labute approximate surface area is 128 Å². The topological polar surface area (TPSA) is 64.4 Å². The Morgan fingerprint density at radius 2 is 2.24 bits per heavy atom. The second kappa shape index (κ2) is 5.15. The number of morpholine rings is 1. The predicted octanol–water partition coefficient (Wildman–Crippen LogP) is 1.72. The summed E-state index contributed by atoms with van der Waals surface area (Å²) in [7, 11) is -3.38. The van der Waals surface area contributed by atoms with Gasteiger partial charge in [0.2, 0.25) is 10.0 Å². The zero-order chi connectivity index (χ0) is 15.2. The van der Waals surface area contributed by atoms with Gasteiger partial charge in [-0.25, -0.2) is 17.4 Å². The van der Waals surface area contributed by atoms with Crippen LogP contribution < -0.4 is 4.90 Å². The number of aromatic nitrogens is 2. The zero-order valence-electron chi connectivity index (χ0n) is 11.8. The molecule has 0 bridgehead atoms. The fourth-order valence-electron chi connectivity index (χ4n) is 2.61. The highest BCUT2D eigenvalue weighted by Gasteiger charge is 2.24.